The van der Waals surface area contributed by atoms with Gasteiger partial charge in [0.15, 0.2) is 5.78 Å². The van der Waals surface area contributed by atoms with Gasteiger partial charge in [-0.1, -0.05) is 6.07 Å². The number of carbonyl (C=O) groups is 1. The summed E-state index contributed by atoms with van der Waals surface area (Å²) in [5.41, 5.74) is 0.741. The number of hydrogen-bond donors (Lipinski definition) is 0. The van der Waals surface area contributed by atoms with E-state index in [1.807, 2.05) is 0 Å². The maximum atomic E-state index is 13.4. The first-order valence-corrected chi connectivity index (χ1v) is 5.47. The number of pyridine rings is 1. The summed E-state index contributed by atoms with van der Waals surface area (Å²) in [6, 6.07) is 6.78. The van der Waals surface area contributed by atoms with Gasteiger partial charge in [-0.2, -0.15) is 0 Å². The predicted octanol–water partition coefficient (Wildman–Crippen LogP) is 3.09. The first-order chi connectivity index (χ1) is 8.59. The van der Waals surface area contributed by atoms with Crippen LogP contribution >= 0.6 is 0 Å². The van der Waals surface area contributed by atoms with E-state index in [2.05, 4.69) is 4.98 Å². The van der Waals surface area contributed by atoms with E-state index in [-0.39, 0.29) is 17.8 Å². The molecule has 1 aromatic carbocycles. The number of hydrogen-bond acceptors (Lipinski definition) is 2. The summed E-state index contributed by atoms with van der Waals surface area (Å²) in [4.78, 5) is 15.9. The van der Waals surface area contributed by atoms with Gasteiger partial charge in [0, 0.05) is 29.4 Å². The zero-order chi connectivity index (χ0) is 13.1. The van der Waals surface area contributed by atoms with Crippen molar-refractivity contribution in [1.82, 2.24) is 4.98 Å². The van der Waals surface area contributed by atoms with Crippen molar-refractivity contribution in [2.45, 2.75) is 13.3 Å². The Morgan fingerprint density at radius 1 is 1.17 bits per heavy atom. The molecule has 0 aliphatic rings. The first kappa shape index (κ1) is 12.4. The Labute approximate surface area is 103 Å². The molecule has 0 fully saturated rings. The molecule has 0 aliphatic heterocycles. The highest BCUT2D eigenvalue weighted by Crippen LogP contribution is 2.16. The van der Waals surface area contributed by atoms with E-state index in [1.54, 1.807) is 25.3 Å². The van der Waals surface area contributed by atoms with Crippen LogP contribution in [0.1, 0.15) is 21.6 Å². The molecule has 1 aromatic heterocycles. The first-order valence-electron chi connectivity index (χ1n) is 5.47. The second-order valence-corrected chi connectivity index (χ2v) is 3.94. The molecule has 2 aromatic rings. The van der Waals surface area contributed by atoms with Crippen molar-refractivity contribution >= 4 is 5.78 Å². The van der Waals surface area contributed by atoms with Crippen molar-refractivity contribution < 1.29 is 13.6 Å². The molecule has 0 radical (unpaired) electrons. The molecule has 0 N–H and O–H groups in total. The lowest BCUT2D eigenvalue weighted by molar-refractivity contribution is 0.0989. The van der Waals surface area contributed by atoms with Crippen LogP contribution in [0, 0.1) is 18.6 Å². The van der Waals surface area contributed by atoms with E-state index < -0.39 is 11.6 Å². The van der Waals surface area contributed by atoms with E-state index >= 15 is 0 Å². The normalized spacial score (nSPS) is 10.4. The maximum Gasteiger partial charge on any atom is 0.169 e. The van der Waals surface area contributed by atoms with Crippen LogP contribution in [0.2, 0.25) is 0 Å². The summed E-state index contributed by atoms with van der Waals surface area (Å²) >= 11 is 0. The lowest BCUT2D eigenvalue weighted by atomic mass is 10.0. The highest BCUT2D eigenvalue weighted by atomic mass is 19.1. The summed E-state index contributed by atoms with van der Waals surface area (Å²) in [6.07, 6.45) is 1.26. The summed E-state index contributed by atoms with van der Waals surface area (Å²) in [7, 11) is 0. The molecule has 0 amide bonds. The van der Waals surface area contributed by atoms with Crippen molar-refractivity contribution in [1.29, 1.82) is 0 Å². The van der Waals surface area contributed by atoms with Gasteiger partial charge in [-0.25, -0.2) is 8.78 Å². The zero-order valence-corrected chi connectivity index (χ0v) is 9.78. The Balaban J connectivity index is 2.30. The number of ketones is 1. The van der Waals surface area contributed by atoms with Gasteiger partial charge >= 0.3 is 0 Å². The second kappa shape index (κ2) is 5.04. The topological polar surface area (TPSA) is 30.0 Å². The van der Waals surface area contributed by atoms with Crippen molar-refractivity contribution in [3.63, 3.8) is 0 Å². The number of nitrogens with zero attached hydrogens (tertiary/aromatic N) is 1. The number of rotatable bonds is 3. The highest BCUT2D eigenvalue weighted by Gasteiger charge is 2.15. The molecule has 2 nitrogen and oxygen atoms in total. The minimum absolute atomic E-state index is 0.203. The predicted molar refractivity (Wildman–Crippen MR) is 63.4 cm³/mol. The van der Waals surface area contributed by atoms with Gasteiger partial charge in [0.05, 0.1) is 0 Å². The third-order valence-corrected chi connectivity index (χ3v) is 2.71. The zero-order valence-electron chi connectivity index (χ0n) is 9.78. The molecule has 0 bridgehead atoms. The lowest BCUT2D eigenvalue weighted by Crippen LogP contribution is -2.09. The largest absolute Gasteiger partial charge is 0.294 e. The van der Waals surface area contributed by atoms with E-state index in [9.17, 15) is 13.6 Å². The summed E-state index contributed by atoms with van der Waals surface area (Å²) in [6.45, 7) is 1.69. The number of aromatic nitrogens is 1. The van der Waals surface area contributed by atoms with Gasteiger partial charge in [0.25, 0.3) is 0 Å². The fourth-order valence-electron chi connectivity index (χ4n) is 1.74. The van der Waals surface area contributed by atoms with Gasteiger partial charge in [-0.05, 0) is 31.2 Å². The molecule has 0 saturated carbocycles. The molecule has 2 rings (SSSR count). The molecule has 18 heavy (non-hydrogen) atoms. The maximum absolute atomic E-state index is 13.4. The monoisotopic (exact) mass is 247 g/mol. The Bertz CT molecular complexity index is 576. The molecule has 1 heterocycles. The average molecular weight is 247 g/mol. The van der Waals surface area contributed by atoms with Crippen molar-refractivity contribution in [2.75, 3.05) is 0 Å². The van der Waals surface area contributed by atoms with E-state index in [0.29, 0.717) is 11.3 Å². The van der Waals surface area contributed by atoms with Crippen LogP contribution in [-0.2, 0) is 6.42 Å². The Hall–Kier alpha value is -2.10. The van der Waals surface area contributed by atoms with Crippen molar-refractivity contribution in [3.8, 4) is 0 Å². The number of aryl methyl sites for hydroxylation is 1. The molecule has 4 heteroatoms. The molecular formula is C14H11F2NO. The van der Waals surface area contributed by atoms with Crippen LogP contribution in [0.5, 0.6) is 0 Å². The van der Waals surface area contributed by atoms with Gasteiger partial charge < -0.3 is 0 Å². The molecule has 0 unspecified atom stereocenters. The van der Waals surface area contributed by atoms with Crippen LogP contribution in [0.3, 0.4) is 0 Å². The Morgan fingerprint density at radius 2 is 1.83 bits per heavy atom. The SMILES string of the molecule is Cc1ncccc1C(=O)Cc1c(F)cccc1F. The Morgan fingerprint density at radius 3 is 2.44 bits per heavy atom. The number of carbonyl (C=O) groups excluding carboxylic acids is 1. The molecule has 0 aliphatic carbocycles. The number of benzene rings is 1. The van der Waals surface area contributed by atoms with E-state index in [0.717, 1.165) is 12.1 Å². The molecule has 0 atom stereocenters. The van der Waals surface area contributed by atoms with Gasteiger partial charge in [0.2, 0.25) is 0 Å². The minimum atomic E-state index is -0.704. The number of Topliss-reactive ketones (excluding diaryl/α,β-unsaturated/α-hetero) is 1. The van der Waals surface area contributed by atoms with Crippen LogP contribution in [0.25, 0.3) is 0 Å². The van der Waals surface area contributed by atoms with Crippen LogP contribution in [0.4, 0.5) is 8.78 Å². The molecule has 0 saturated heterocycles. The third-order valence-electron chi connectivity index (χ3n) is 2.71. The Kier molecular flexibility index (Phi) is 3.46. The van der Waals surface area contributed by atoms with Crippen LogP contribution in [0.15, 0.2) is 36.5 Å². The number of halogens is 2. The molecule has 0 spiro atoms. The summed E-state index contributed by atoms with van der Waals surface area (Å²) in [5.74, 6) is -1.75. The van der Waals surface area contributed by atoms with Crippen LogP contribution < -0.4 is 0 Å². The van der Waals surface area contributed by atoms with Gasteiger partial charge in [-0.15, -0.1) is 0 Å². The summed E-state index contributed by atoms with van der Waals surface area (Å²) in [5, 5.41) is 0. The van der Waals surface area contributed by atoms with Gasteiger partial charge in [0.1, 0.15) is 11.6 Å². The molecule has 92 valence electrons. The van der Waals surface area contributed by atoms with E-state index in [4.69, 9.17) is 0 Å². The molecular weight excluding hydrogens is 236 g/mol. The van der Waals surface area contributed by atoms with Crippen molar-refractivity contribution in [3.05, 3.63) is 65.0 Å². The van der Waals surface area contributed by atoms with Crippen molar-refractivity contribution in [2.24, 2.45) is 0 Å². The highest BCUT2D eigenvalue weighted by molar-refractivity contribution is 5.98. The van der Waals surface area contributed by atoms with Gasteiger partial charge in [-0.3, -0.25) is 9.78 Å². The third kappa shape index (κ3) is 2.42. The average Bonchev–Trinajstić information content (AvgIpc) is 2.34. The smallest absolute Gasteiger partial charge is 0.169 e. The van der Waals surface area contributed by atoms with Crippen LogP contribution in [-0.4, -0.2) is 10.8 Å². The summed E-state index contributed by atoms with van der Waals surface area (Å²) < 4.78 is 26.8. The lowest BCUT2D eigenvalue weighted by Gasteiger charge is -2.06. The van der Waals surface area contributed by atoms with E-state index in [1.165, 1.54) is 6.07 Å². The fraction of sp³-hybridized carbons (Fsp3) is 0.143. The second-order valence-electron chi connectivity index (χ2n) is 3.94. The minimum Gasteiger partial charge on any atom is -0.294 e. The fourth-order valence-corrected chi connectivity index (χ4v) is 1.74. The standard InChI is InChI=1S/C14H11F2NO/c1-9-10(4-3-7-17-9)14(18)8-11-12(15)5-2-6-13(11)16/h2-7H,8H2,1H3. The quantitative estimate of drug-likeness (QED) is 0.780.